The first-order valence-electron chi connectivity index (χ1n) is 12.2. The highest BCUT2D eigenvalue weighted by molar-refractivity contribution is 6.23. The molecule has 0 unspecified atom stereocenters. The van der Waals surface area contributed by atoms with E-state index in [-0.39, 0.29) is 47.2 Å². The molecule has 2 aromatic carbocycles. The van der Waals surface area contributed by atoms with E-state index in [1.54, 1.807) is 18.2 Å². The van der Waals surface area contributed by atoms with Crippen LogP contribution in [-0.4, -0.2) is 60.2 Å². The van der Waals surface area contributed by atoms with Gasteiger partial charge in [0.15, 0.2) is 11.4 Å². The normalized spacial score (nSPS) is 25.9. The second-order valence-electron chi connectivity index (χ2n) is 10.3. The van der Waals surface area contributed by atoms with Crippen LogP contribution in [0.3, 0.4) is 0 Å². The lowest BCUT2D eigenvalue weighted by molar-refractivity contribution is -0.147. The summed E-state index contributed by atoms with van der Waals surface area (Å²) in [5.41, 5.74) is 2.40. The number of aliphatic hydroxyl groups is 3. The Morgan fingerprint density at radius 1 is 0.974 bits per heavy atom. The molecule has 0 saturated heterocycles. The van der Waals surface area contributed by atoms with Gasteiger partial charge in [0.2, 0.25) is 5.78 Å². The largest absolute Gasteiger partial charge is 0.508 e. The average molecular weight is 530 g/mol. The van der Waals surface area contributed by atoms with Crippen molar-refractivity contribution in [1.82, 2.24) is 4.90 Å². The Kier molecular flexibility index (Phi) is 5.11. The molecule has 39 heavy (non-hydrogen) atoms. The van der Waals surface area contributed by atoms with Crippen molar-refractivity contribution in [2.75, 3.05) is 0 Å². The second kappa shape index (κ2) is 8.11. The van der Waals surface area contributed by atoms with E-state index in [1.165, 1.54) is 18.2 Å². The third-order valence-electron chi connectivity index (χ3n) is 8.23. The maximum atomic E-state index is 13.6. The number of nitrogens with two attached hydrogens (primary N) is 1. The molecule has 1 aliphatic heterocycles. The van der Waals surface area contributed by atoms with Crippen molar-refractivity contribution in [2.24, 2.45) is 17.6 Å². The fraction of sp³-hybridized carbons (Fsp3) is 0.250. The zero-order valence-electron chi connectivity index (χ0n) is 20.3. The van der Waals surface area contributed by atoms with E-state index < -0.39 is 76.0 Å². The molecule has 1 saturated carbocycles. The fourth-order valence-electron chi connectivity index (χ4n) is 6.32. The highest BCUT2D eigenvalue weighted by Crippen LogP contribution is 2.52. The van der Waals surface area contributed by atoms with Crippen LogP contribution in [-0.2, 0) is 27.3 Å². The van der Waals surface area contributed by atoms with Crippen LogP contribution in [0.2, 0.25) is 0 Å². The lowest BCUT2D eigenvalue weighted by Crippen LogP contribution is -2.58. The first-order valence-corrected chi connectivity index (χ1v) is 12.2. The molecule has 0 aromatic heterocycles. The third kappa shape index (κ3) is 3.16. The number of carbonyl (C=O) groups excluding carboxylic acids is 5. The number of fused-ring (bicyclic) bond motifs is 4. The summed E-state index contributed by atoms with van der Waals surface area (Å²) in [5.74, 6) is -8.17. The summed E-state index contributed by atoms with van der Waals surface area (Å²) in [6, 6.07) is 9.44. The molecular weight excluding hydrogens is 508 g/mol. The zero-order chi connectivity index (χ0) is 28.0. The average Bonchev–Trinajstić information content (AvgIpc) is 3.12. The monoisotopic (exact) mass is 530 g/mol. The quantitative estimate of drug-likeness (QED) is 0.286. The van der Waals surface area contributed by atoms with E-state index in [0.717, 1.165) is 4.90 Å². The molecule has 6 rings (SSSR count). The van der Waals surface area contributed by atoms with E-state index in [9.17, 15) is 44.4 Å². The Labute approximate surface area is 220 Å². The van der Waals surface area contributed by atoms with Crippen LogP contribution in [0.15, 0.2) is 53.3 Å². The summed E-state index contributed by atoms with van der Waals surface area (Å²) in [6.07, 6.45) is -0.206. The van der Waals surface area contributed by atoms with Gasteiger partial charge in [0, 0.05) is 23.5 Å². The number of ketones is 2. The number of phenolic OH excluding ortho intramolecular Hbond substituents is 1. The predicted molar refractivity (Wildman–Crippen MR) is 132 cm³/mol. The van der Waals surface area contributed by atoms with Crippen molar-refractivity contribution in [3.05, 3.63) is 81.1 Å². The molecule has 3 aliphatic carbocycles. The van der Waals surface area contributed by atoms with Crippen molar-refractivity contribution < 1.29 is 44.4 Å². The minimum Gasteiger partial charge on any atom is -0.508 e. The molecule has 0 bridgehead atoms. The van der Waals surface area contributed by atoms with Gasteiger partial charge in [-0.05, 0) is 36.5 Å². The number of aliphatic hydroxyl groups excluding tert-OH is 2. The molecular formula is C28H22N2O9. The van der Waals surface area contributed by atoms with Gasteiger partial charge in [0.1, 0.15) is 22.8 Å². The van der Waals surface area contributed by atoms with Gasteiger partial charge < -0.3 is 26.2 Å². The number of hydrogen-bond acceptors (Lipinski definition) is 9. The summed E-state index contributed by atoms with van der Waals surface area (Å²) in [5, 5.41) is 44.4. The maximum absolute atomic E-state index is 13.6. The number of nitrogens with zero attached hydrogens (tertiary/aromatic N) is 1. The number of benzene rings is 2. The SMILES string of the molecule is NC(=O)C1=C(O)[C@@]2(O)C(=O)C3=C(O)c4c(ccc(CN5C(=O)c6ccccc6C5=O)c4O)C[C@H]3C[C@H]2CC1=O. The Balaban J connectivity index is 1.41. The van der Waals surface area contributed by atoms with Crippen LogP contribution < -0.4 is 5.73 Å². The highest BCUT2D eigenvalue weighted by Gasteiger charge is 2.60. The van der Waals surface area contributed by atoms with E-state index in [4.69, 9.17) is 5.73 Å². The molecule has 198 valence electrons. The molecule has 3 atom stereocenters. The van der Waals surface area contributed by atoms with E-state index in [1.807, 2.05) is 0 Å². The van der Waals surface area contributed by atoms with E-state index in [2.05, 4.69) is 0 Å². The lowest BCUT2D eigenvalue weighted by Gasteiger charge is -2.46. The van der Waals surface area contributed by atoms with Gasteiger partial charge in [0.25, 0.3) is 17.7 Å². The second-order valence-corrected chi connectivity index (χ2v) is 10.3. The number of imide groups is 1. The Hall–Kier alpha value is -4.77. The minimum atomic E-state index is -2.65. The number of rotatable bonds is 3. The molecule has 6 N–H and O–H groups in total. The number of aromatic hydroxyl groups is 1. The van der Waals surface area contributed by atoms with Crippen LogP contribution in [0, 0.1) is 11.8 Å². The Morgan fingerprint density at radius 3 is 2.23 bits per heavy atom. The maximum Gasteiger partial charge on any atom is 0.261 e. The van der Waals surface area contributed by atoms with Gasteiger partial charge in [-0.15, -0.1) is 0 Å². The highest BCUT2D eigenvalue weighted by atomic mass is 16.3. The van der Waals surface area contributed by atoms with Gasteiger partial charge in [0.05, 0.1) is 23.2 Å². The number of Topliss-reactive ketones (excluding diaryl/α,β-unsaturated/α-hetero) is 2. The van der Waals surface area contributed by atoms with Crippen LogP contribution in [0.25, 0.3) is 5.76 Å². The van der Waals surface area contributed by atoms with Crippen molar-refractivity contribution in [2.45, 2.75) is 31.4 Å². The van der Waals surface area contributed by atoms with Crippen molar-refractivity contribution in [3.63, 3.8) is 0 Å². The van der Waals surface area contributed by atoms with E-state index >= 15 is 0 Å². The molecule has 4 aliphatic rings. The molecule has 3 amide bonds. The van der Waals surface area contributed by atoms with E-state index in [0.29, 0.717) is 5.56 Å². The molecule has 11 heteroatoms. The molecule has 11 nitrogen and oxygen atoms in total. The number of phenols is 1. The summed E-state index contributed by atoms with van der Waals surface area (Å²) < 4.78 is 0. The Bertz CT molecular complexity index is 1600. The molecule has 0 radical (unpaired) electrons. The minimum absolute atomic E-state index is 0.0282. The van der Waals surface area contributed by atoms with Gasteiger partial charge in [-0.2, -0.15) is 0 Å². The molecule has 2 aromatic rings. The number of hydrogen-bond donors (Lipinski definition) is 5. The lowest BCUT2D eigenvalue weighted by atomic mass is 9.59. The number of amides is 3. The third-order valence-corrected chi connectivity index (χ3v) is 8.23. The molecule has 1 fully saturated rings. The van der Waals surface area contributed by atoms with Crippen LogP contribution in [0.1, 0.15) is 50.2 Å². The van der Waals surface area contributed by atoms with Crippen molar-refractivity contribution >= 4 is 35.0 Å². The number of primary amides is 1. The predicted octanol–water partition coefficient (Wildman–Crippen LogP) is 1.22. The van der Waals surface area contributed by atoms with Crippen molar-refractivity contribution in [3.8, 4) is 5.75 Å². The molecule has 1 heterocycles. The van der Waals surface area contributed by atoms with Crippen LogP contribution >= 0.6 is 0 Å². The zero-order valence-corrected chi connectivity index (χ0v) is 20.3. The summed E-state index contributed by atoms with van der Waals surface area (Å²) in [7, 11) is 0. The summed E-state index contributed by atoms with van der Waals surface area (Å²) >= 11 is 0. The smallest absolute Gasteiger partial charge is 0.261 e. The number of carbonyl (C=O) groups is 5. The first kappa shape index (κ1) is 24.6. The van der Waals surface area contributed by atoms with Crippen LogP contribution in [0.4, 0.5) is 0 Å². The van der Waals surface area contributed by atoms with Gasteiger partial charge in [-0.1, -0.05) is 24.3 Å². The Morgan fingerprint density at radius 2 is 1.62 bits per heavy atom. The van der Waals surface area contributed by atoms with Crippen LogP contribution in [0.5, 0.6) is 5.75 Å². The summed E-state index contributed by atoms with van der Waals surface area (Å²) in [4.78, 5) is 64.4. The first-order chi connectivity index (χ1) is 18.5. The van der Waals surface area contributed by atoms with Gasteiger partial charge in [-0.25, -0.2) is 0 Å². The molecule has 0 spiro atoms. The van der Waals surface area contributed by atoms with Gasteiger partial charge in [-0.3, -0.25) is 28.9 Å². The summed E-state index contributed by atoms with van der Waals surface area (Å²) in [6.45, 7) is -0.301. The van der Waals surface area contributed by atoms with Gasteiger partial charge >= 0.3 is 0 Å². The van der Waals surface area contributed by atoms with Crippen molar-refractivity contribution in [1.29, 1.82) is 0 Å². The standard InChI is InChI=1S/C28H22N2O9/c29-25(36)20-17(31)9-14-8-13-7-11-5-6-12(10-30-26(37)15-3-1-2-4-16(15)27(30)38)21(32)18(11)22(33)19(13)23(34)28(14,39)24(20)35/h1-6,13-14,32-33,35,39H,7-10H2,(H2,29,36)/t13-,14-,28-/m0/s1. The fourth-order valence-corrected chi connectivity index (χ4v) is 6.32. The topological polar surface area (TPSA) is 196 Å².